The number of carbonyl (C=O) groups excluding carboxylic acids is 2. The zero-order chi connectivity index (χ0) is 17.8. The van der Waals surface area contributed by atoms with Crippen molar-refractivity contribution in [3.8, 4) is 5.75 Å². The van der Waals surface area contributed by atoms with Gasteiger partial charge in [0.25, 0.3) is 5.91 Å². The zero-order valence-electron chi connectivity index (χ0n) is 14.5. The molecule has 5 heteroatoms. The molecule has 3 rings (SSSR count). The average Bonchev–Trinajstić information content (AvgIpc) is 3.02. The number of aryl methyl sites for hydroxylation is 2. The molecule has 5 nitrogen and oxygen atoms in total. The molecule has 1 heterocycles. The fourth-order valence-electron chi connectivity index (χ4n) is 2.86. The van der Waals surface area contributed by atoms with Crippen molar-refractivity contribution in [2.45, 2.75) is 26.7 Å². The van der Waals surface area contributed by atoms with Crippen LogP contribution in [0.5, 0.6) is 5.75 Å². The van der Waals surface area contributed by atoms with E-state index in [1.165, 1.54) is 5.56 Å². The van der Waals surface area contributed by atoms with E-state index < -0.39 is 0 Å². The van der Waals surface area contributed by atoms with Gasteiger partial charge in [0.1, 0.15) is 5.75 Å². The van der Waals surface area contributed by atoms with Crippen LogP contribution in [0.2, 0.25) is 0 Å². The fourth-order valence-corrected chi connectivity index (χ4v) is 2.86. The van der Waals surface area contributed by atoms with Gasteiger partial charge in [-0.1, -0.05) is 18.2 Å². The van der Waals surface area contributed by atoms with Crippen molar-refractivity contribution in [1.29, 1.82) is 0 Å². The van der Waals surface area contributed by atoms with Gasteiger partial charge >= 0.3 is 0 Å². The van der Waals surface area contributed by atoms with E-state index in [4.69, 9.17) is 4.74 Å². The van der Waals surface area contributed by atoms with Gasteiger partial charge in [-0.2, -0.15) is 0 Å². The van der Waals surface area contributed by atoms with Crippen LogP contribution in [0.25, 0.3) is 0 Å². The molecule has 2 amide bonds. The lowest BCUT2D eigenvalue weighted by Gasteiger charge is -2.20. The quantitative estimate of drug-likeness (QED) is 0.908. The van der Waals surface area contributed by atoms with E-state index in [0.29, 0.717) is 24.4 Å². The molecule has 1 N–H and O–H groups in total. The normalized spacial score (nSPS) is 13.8. The van der Waals surface area contributed by atoms with Gasteiger partial charge in [-0.05, 0) is 55.7 Å². The maximum Gasteiger partial charge on any atom is 0.262 e. The molecule has 1 fully saturated rings. The van der Waals surface area contributed by atoms with Crippen molar-refractivity contribution in [2.75, 3.05) is 23.4 Å². The zero-order valence-corrected chi connectivity index (χ0v) is 14.5. The summed E-state index contributed by atoms with van der Waals surface area (Å²) in [4.78, 5) is 25.9. The van der Waals surface area contributed by atoms with E-state index >= 15 is 0 Å². The number of rotatable bonds is 5. The number of anilines is 2. The van der Waals surface area contributed by atoms with Crippen molar-refractivity contribution >= 4 is 23.2 Å². The summed E-state index contributed by atoms with van der Waals surface area (Å²) in [5, 5.41) is 2.85. The number of hydrogen-bond acceptors (Lipinski definition) is 3. The smallest absolute Gasteiger partial charge is 0.262 e. The van der Waals surface area contributed by atoms with Gasteiger partial charge in [-0.25, -0.2) is 0 Å². The highest BCUT2D eigenvalue weighted by molar-refractivity contribution is 6.02. The Morgan fingerprint density at radius 1 is 1.16 bits per heavy atom. The summed E-state index contributed by atoms with van der Waals surface area (Å²) in [5.74, 6) is 0.506. The molecule has 130 valence electrons. The first-order valence-corrected chi connectivity index (χ1v) is 8.44. The molecule has 2 aromatic rings. The van der Waals surface area contributed by atoms with E-state index in [1.54, 1.807) is 11.0 Å². The number of nitrogens with zero attached hydrogens (tertiary/aromatic N) is 1. The van der Waals surface area contributed by atoms with Gasteiger partial charge in [0.05, 0.1) is 11.4 Å². The molecule has 0 saturated carbocycles. The number of carbonyl (C=O) groups is 2. The second kappa shape index (κ2) is 7.38. The molecule has 1 aliphatic rings. The fraction of sp³-hybridized carbons (Fsp3) is 0.300. The van der Waals surface area contributed by atoms with Crippen LogP contribution < -0.4 is 15.0 Å². The minimum absolute atomic E-state index is 0.0786. The van der Waals surface area contributed by atoms with E-state index in [-0.39, 0.29) is 18.4 Å². The van der Waals surface area contributed by atoms with Crippen LogP contribution in [-0.4, -0.2) is 25.0 Å². The predicted octanol–water partition coefficient (Wildman–Crippen LogP) is 3.45. The standard InChI is InChI=1S/C20H22N2O3/c1-14-9-10-16(12-15(14)2)25-13-19(23)21-17-6-3-4-7-18(17)22-11-5-8-20(22)24/h3-4,6-7,9-10,12H,5,8,11,13H2,1-2H3,(H,21,23). The molecule has 0 aromatic heterocycles. The molecular weight excluding hydrogens is 316 g/mol. The third kappa shape index (κ3) is 3.99. The summed E-state index contributed by atoms with van der Waals surface area (Å²) in [7, 11) is 0. The summed E-state index contributed by atoms with van der Waals surface area (Å²) in [6.07, 6.45) is 1.40. The van der Waals surface area contributed by atoms with Gasteiger partial charge < -0.3 is 15.0 Å². The molecule has 0 bridgehead atoms. The van der Waals surface area contributed by atoms with Gasteiger partial charge in [0, 0.05) is 13.0 Å². The third-order valence-electron chi connectivity index (χ3n) is 4.39. The summed E-state index contributed by atoms with van der Waals surface area (Å²) in [6, 6.07) is 13.1. The maximum atomic E-state index is 12.2. The summed E-state index contributed by atoms with van der Waals surface area (Å²) in [5.41, 5.74) is 3.67. The summed E-state index contributed by atoms with van der Waals surface area (Å²) >= 11 is 0. The van der Waals surface area contributed by atoms with Crippen LogP contribution >= 0.6 is 0 Å². The number of ether oxygens (including phenoxy) is 1. The molecule has 25 heavy (non-hydrogen) atoms. The Kier molecular flexibility index (Phi) is 5.03. The van der Waals surface area contributed by atoms with Crippen molar-refractivity contribution < 1.29 is 14.3 Å². The third-order valence-corrected chi connectivity index (χ3v) is 4.39. The van der Waals surface area contributed by atoms with Crippen LogP contribution in [-0.2, 0) is 9.59 Å². The molecule has 0 aliphatic carbocycles. The monoisotopic (exact) mass is 338 g/mol. The first kappa shape index (κ1) is 17.0. The molecule has 0 atom stereocenters. The molecule has 0 unspecified atom stereocenters. The van der Waals surface area contributed by atoms with Gasteiger partial charge in [0.2, 0.25) is 5.91 Å². The van der Waals surface area contributed by atoms with Crippen LogP contribution in [0, 0.1) is 13.8 Å². The van der Waals surface area contributed by atoms with E-state index in [9.17, 15) is 9.59 Å². The summed E-state index contributed by atoms with van der Waals surface area (Å²) in [6.45, 7) is 4.64. The Morgan fingerprint density at radius 2 is 1.96 bits per heavy atom. The second-order valence-electron chi connectivity index (χ2n) is 6.25. The van der Waals surface area contributed by atoms with Crippen molar-refractivity contribution in [2.24, 2.45) is 0 Å². The number of nitrogens with one attached hydrogen (secondary N) is 1. The van der Waals surface area contributed by atoms with Crippen molar-refractivity contribution in [1.82, 2.24) is 0 Å². The van der Waals surface area contributed by atoms with E-state index in [1.807, 2.05) is 50.2 Å². The Hall–Kier alpha value is -2.82. The Labute approximate surface area is 147 Å². The highest BCUT2D eigenvalue weighted by Gasteiger charge is 2.24. The first-order valence-electron chi connectivity index (χ1n) is 8.44. The van der Waals surface area contributed by atoms with Crippen LogP contribution in [0.3, 0.4) is 0 Å². The topological polar surface area (TPSA) is 58.6 Å². The molecule has 0 radical (unpaired) electrons. The largest absolute Gasteiger partial charge is 0.484 e. The van der Waals surface area contributed by atoms with Crippen molar-refractivity contribution in [3.05, 3.63) is 53.6 Å². The first-order chi connectivity index (χ1) is 12.0. The molecule has 1 saturated heterocycles. The maximum absolute atomic E-state index is 12.2. The van der Waals surface area contributed by atoms with Gasteiger partial charge in [-0.15, -0.1) is 0 Å². The highest BCUT2D eigenvalue weighted by Crippen LogP contribution is 2.29. The number of benzene rings is 2. The van der Waals surface area contributed by atoms with E-state index in [0.717, 1.165) is 17.7 Å². The minimum Gasteiger partial charge on any atom is -0.484 e. The molecule has 1 aliphatic heterocycles. The van der Waals surface area contributed by atoms with Gasteiger partial charge in [0.15, 0.2) is 6.61 Å². The second-order valence-corrected chi connectivity index (χ2v) is 6.25. The number of para-hydroxylation sites is 2. The van der Waals surface area contributed by atoms with Crippen LogP contribution in [0.15, 0.2) is 42.5 Å². The van der Waals surface area contributed by atoms with Crippen molar-refractivity contribution in [3.63, 3.8) is 0 Å². The molecule has 2 aromatic carbocycles. The Balaban J connectivity index is 1.65. The average molecular weight is 338 g/mol. The molecule has 0 spiro atoms. The lowest BCUT2D eigenvalue weighted by molar-refractivity contribution is -0.118. The minimum atomic E-state index is -0.252. The van der Waals surface area contributed by atoms with E-state index in [2.05, 4.69) is 5.32 Å². The number of amides is 2. The SMILES string of the molecule is Cc1ccc(OCC(=O)Nc2ccccc2N2CCCC2=O)cc1C. The van der Waals surface area contributed by atoms with Gasteiger partial charge in [-0.3, -0.25) is 9.59 Å². The highest BCUT2D eigenvalue weighted by atomic mass is 16.5. The Morgan fingerprint density at radius 3 is 2.68 bits per heavy atom. The Bertz CT molecular complexity index is 801. The summed E-state index contributed by atoms with van der Waals surface area (Å²) < 4.78 is 5.57. The lowest BCUT2D eigenvalue weighted by atomic mass is 10.1. The predicted molar refractivity (Wildman–Crippen MR) is 98.1 cm³/mol. The van der Waals surface area contributed by atoms with Crippen LogP contribution in [0.4, 0.5) is 11.4 Å². The lowest BCUT2D eigenvalue weighted by Crippen LogP contribution is -2.26. The molecular formula is C20H22N2O3. The van der Waals surface area contributed by atoms with Crippen LogP contribution in [0.1, 0.15) is 24.0 Å². The number of hydrogen-bond donors (Lipinski definition) is 1.